The SMILES string of the molecule is CCOc1ccc(NC(=O)c2cc(NC3CC3)nc(-c3ccccc3)n2)cc1. The number of hydrogen-bond donors (Lipinski definition) is 2. The lowest BCUT2D eigenvalue weighted by Crippen LogP contribution is -2.16. The Bertz CT molecular complexity index is 954. The molecule has 1 aliphatic rings. The summed E-state index contributed by atoms with van der Waals surface area (Å²) in [7, 11) is 0. The van der Waals surface area contributed by atoms with Gasteiger partial charge in [0.25, 0.3) is 5.91 Å². The zero-order valence-electron chi connectivity index (χ0n) is 15.7. The van der Waals surface area contributed by atoms with Gasteiger partial charge < -0.3 is 15.4 Å². The van der Waals surface area contributed by atoms with Crippen molar-refractivity contribution >= 4 is 17.4 Å². The van der Waals surface area contributed by atoms with Crippen molar-refractivity contribution in [1.82, 2.24) is 9.97 Å². The molecule has 2 N–H and O–H groups in total. The van der Waals surface area contributed by atoms with Crippen LogP contribution >= 0.6 is 0 Å². The summed E-state index contributed by atoms with van der Waals surface area (Å²) in [6.07, 6.45) is 2.25. The number of nitrogens with one attached hydrogen (secondary N) is 2. The Morgan fingerprint density at radius 3 is 2.50 bits per heavy atom. The number of carbonyl (C=O) groups excluding carboxylic acids is 1. The van der Waals surface area contributed by atoms with Crippen molar-refractivity contribution in [3.63, 3.8) is 0 Å². The summed E-state index contributed by atoms with van der Waals surface area (Å²) in [6, 6.07) is 19.1. The van der Waals surface area contributed by atoms with Gasteiger partial charge in [0.15, 0.2) is 5.82 Å². The maximum Gasteiger partial charge on any atom is 0.274 e. The highest BCUT2D eigenvalue weighted by Crippen LogP contribution is 2.26. The summed E-state index contributed by atoms with van der Waals surface area (Å²) >= 11 is 0. The van der Waals surface area contributed by atoms with Gasteiger partial charge in [-0.05, 0) is 44.0 Å². The molecular weight excluding hydrogens is 352 g/mol. The van der Waals surface area contributed by atoms with Crippen LogP contribution in [0.15, 0.2) is 60.7 Å². The minimum atomic E-state index is -0.275. The summed E-state index contributed by atoms with van der Waals surface area (Å²) in [4.78, 5) is 21.9. The third kappa shape index (κ3) is 4.46. The molecule has 6 heteroatoms. The van der Waals surface area contributed by atoms with Gasteiger partial charge in [-0.1, -0.05) is 30.3 Å². The van der Waals surface area contributed by atoms with Crippen molar-refractivity contribution in [2.24, 2.45) is 0 Å². The molecule has 0 saturated heterocycles. The van der Waals surface area contributed by atoms with E-state index in [4.69, 9.17) is 4.74 Å². The van der Waals surface area contributed by atoms with Crippen LogP contribution in [-0.4, -0.2) is 28.5 Å². The first-order valence-corrected chi connectivity index (χ1v) is 9.46. The lowest BCUT2D eigenvalue weighted by Gasteiger charge is -2.11. The summed E-state index contributed by atoms with van der Waals surface area (Å²) in [5, 5.41) is 6.25. The summed E-state index contributed by atoms with van der Waals surface area (Å²) in [5.41, 5.74) is 1.88. The van der Waals surface area contributed by atoms with Crippen LogP contribution < -0.4 is 15.4 Å². The number of carbonyl (C=O) groups is 1. The van der Waals surface area contributed by atoms with Gasteiger partial charge in [0, 0.05) is 23.4 Å². The minimum Gasteiger partial charge on any atom is -0.494 e. The van der Waals surface area contributed by atoms with Gasteiger partial charge in [0.2, 0.25) is 0 Å². The minimum absolute atomic E-state index is 0.275. The third-order valence-corrected chi connectivity index (χ3v) is 4.34. The smallest absolute Gasteiger partial charge is 0.274 e. The van der Waals surface area contributed by atoms with Crippen molar-refractivity contribution in [3.05, 3.63) is 66.4 Å². The van der Waals surface area contributed by atoms with Crippen LogP contribution in [0.1, 0.15) is 30.3 Å². The van der Waals surface area contributed by atoms with E-state index in [0.717, 1.165) is 24.2 Å². The second kappa shape index (κ2) is 8.08. The first-order chi connectivity index (χ1) is 13.7. The number of anilines is 2. The van der Waals surface area contributed by atoms with Crippen LogP contribution in [0.3, 0.4) is 0 Å². The van der Waals surface area contributed by atoms with Gasteiger partial charge >= 0.3 is 0 Å². The van der Waals surface area contributed by atoms with E-state index in [0.29, 0.717) is 35.7 Å². The fraction of sp³-hybridized carbons (Fsp3) is 0.227. The Labute approximate surface area is 164 Å². The van der Waals surface area contributed by atoms with E-state index in [1.807, 2.05) is 61.5 Å². The molecule has 28 heavy (non-hydrogen) atoms. The van der Waals surface area contributed by atoms with Crippen molar-refractivity contribution < 1.29 is 9.53 Å². The average Bonchev–Trinajstić information content (AvgIpc) is 3.54. The molecule has 1 saturated carbocycles. The molecule has 0 radical (unpaired) electrons. The van der Waals surface area contributed by atoms with Crippen LogP contribution in [0, 0.1) is 0 Å². The number of nitrogens with zero attached hydrogens (tertiary/aromatic N) is 2. The van der Waals surface area contributed by atoms with Crippen molar-refractivity contribution in [2.75, 3.05) is 17.2 Å². The van der Waals surface area contributed by atoms with E-state index in [-0.39, 0.29) is 5.91 Å². The van der Waals surface area contributed by atoms with Gasteiger partial charge in [0.1, 0.15) is 17.3 Å². The molecule has 0 bridgehead atoms. The predicted octanol–water partition coefficient (Wildman–Crippen LogP) is 4.37. The van der Waals surface area contributed by atoms with Crippen molar-refractivity contribution in [1.29, 1.82) is 0 Å². The van der Waals surface area contributed by atoms with Crippen molar-refractivity contribution in [3.8, 4) is 17.1 Å². The Kier molecular flexibility index (Phi) is 5.19. The van der Waals surface area contributed by atoms with E-state index in [1.54, 1.807) is 6.07 Å². The standard InChI is InChI=1S/C22H22N4O2/c1-2-28-18-12-10-17(11-13-18)24-22(27)19-14-20(23-16-8-9-16)26-21(25-19)15-6-4-3-5-7-15/h3-7,10-14,16H,2,8-9H2,1H3,(H,24,27)(H,23,25,26). The third-order valence-electron chi connectivity index (χ3n) is 4.34. The highest BCUT2D eigenvalue weighted by molar-refractivity contribution is 6.03. The first-order valence-electron chi connectivity index (χ1n) is 9.46. The molecule has 2 aromatic carbocycles. The zero-order chi connectivity index (χ0) is 19.3. The lowest BCUT2D eigenvalue weighted by molar-refractivity contribution is 0.102. The van der Waals surface area contributed by atoms with E-state index in [1.165, 1.54) is 0 Å². The second-order valence-corrected chi connectivity index (χ2v) is 6.66. The summed E-state index contributed by atoms with van der Waals surface area (Å²) in [6.45, 7) is 2.54. The summed E-state index contributed by atoms with van der Waals surface area (Å²) < 4.78 is 5.43. The molecule has 0 atom stereocenters. The zero-order valence-corrected chi connectivity index (χ0v) is 15.7. The fourth-order valence-electron chi connectivity index (χ4n) is 2.79. The molecule has 3 aromatic rings. The van der Waals surface area contributed by atoms with E-state index >= 15 is 0 Å². The van der Waals surface area contributed by atoms with Gasteiger partial charge in [-0.3, -0.25) is 4.79 Å². The molecule has 1 heterocycles. The largest absolute Gasteiger partial charge is 0.494 e. The predicted molar refractivity (Wildman–Crippen MR) is 110 cm³/mol. The van der Waals surface area contributed by atoms with Crippen LogP contribution in [0.25, 0.3) is 11.4 Å². The number of benzene rings is 2. The Hall–Kier alpha value is -3.41. The molecule has 1 aromatic heterocycles. The Morgan fingerprint density at radius 2 is 1.82 bits per heavy atom. The van der Waals surface area contributed by atoms with Gasteiger partial charge in [-0.25, -0.2) is 9.97 Å². The average molecular weight is 374 g/mol. The molecular formula is C22H22N4O2. The van der Waals surface area contributed by atoms with Crippen LogP contribution in [0.4, 0.5) is 11.5 Å². The number of amides is 1. The number of aromatic nitrogens is 2. The topological polar surface area (TPSA) is 76.1 Å². The van der Waals surface area contributed by atoms with E-state index in [2.05, 4.69) is 20.6 Å². The molecule has 4 rings (SSSR count). The molecule has 1 amide bonds. The molecule has 6 nitrogen and oxygen atoms in total. The Balaban J connectivity index is 1.58. The van der Waals surface area contributed by atoms with Crippen LogP contribution in [-0.2, 0) is 0 Å². The van der Waals surface area contributed by atoms with Gasteiger partial charge in [-0.15, -0.1) is 0 Å². The number of ether oxygens (including phenoxy) is 1. The molecule has 0 aliphatic heterocycles. The maximum absolute atomic E-state index is 12.8. The van der Waals surface area contributed by atoms with Gasteiger partial charge in [-0.2, -0.15) is 0 Å². The first kappa shape index (κ1) is 18.0. The van der Waals surface area contributed by atoms with E-state index in [9.17, 15) is 4.79 Å². The van der Waals surface area contributed by atoms with E-state index < -0.39 is 0 Å². The summed E-state index contributed by atoms with van der Waals surface area (Å²) in [5.74, 6) is 1.70. The van der Waals surface area contributed by atoms with Crippen LogP contribution in [0.2, 0.25) is 0 Å². The maximum atomic E-state index is 12.8. The monoisotopic (exact) mass is 374 g/mol. The van der Waals surface area contributed by atoms with Crippen molar-refractivity contribution in [2.45, 2.75) is 25.8 Å². The highest BCUT2D eigenvalue weighted by Gasteiger charge is 2.23. The molecule has 1 aliphatic carbocycles. The highest BCUT2D eigenvalue weighted by atomic mass is 16.5. The van der Waals surface area contributed by atoms with Gasteiger partial charge in [0.05, 0.1) is 6.61 Å². The number of rotatable bonds is 7. The molecule has 1 fully saturated rings. The normalized spacial score (nSPS) is 13.0. The molecule has 142 valence electrons. The lowest BCUT2D eigenvalue weighted by atomic mass is 10.2. The fourth-order valence-corrected chi connectivity index (χ4v) is 2.79. The molecule has 0 unspecified atom stereocenters. The van der Waals surface area contributed by atoms with Crippen LogP contribution in [0.5, 0.6) is 5.75 Å². The Morgan fingerprint density at radius 1 is 1.07 bits per heavy atom. The second-order valence-electron chi connectivity index (χ2n) is 6.66. The number of hydrogen-bond acceptors (Lipinski definition) is 5. The quantitative estimate of drug-likeness (QED) is 0.642. The molecule has 0 spiro atoms.